The number of halogens is 1. The molecule has 20 heavy (non-hydrogen) atoms. The van der Waals surface area contributed by atoms with E-state index in [-0.39, 0.29) is 11.4 Å². The topological polar surface area (TPSA) is 63.2 Å². The second-order valence-electron chi connectivity index (χ2n) is 5.29. The van der Waals surface area contributed by atoms with Gasteiger partial charge in [-0.1, -0.05) is 6.92 Å². The summed E-state index contributed by atoms with van der Waals surface area (Å²) in [5.41, 5.74) is 0.266. The molecule has 1 saturated heterocycles. The van der Waals surface area contributed by atoms with Crippen LogP contribution in [0.1, 0.15) is 37.0 Å². The number of nitrogens with one attached hydrogen (secondary N) is 2. The summed E-state index contributed by atoms with van der Waals surface area (Å²) in [6.45, 7) is 6.10. The number of carbonyl (C=O) groups is 1. The molecule has 6 heteroatoms. The Morgan fingerprint density at radius 3 is 3.05 bits per heavy atom. The van der Waals surface area contributed by atoms with Crippen LogP contribution in [0.3, 0.4) is 0 Å². The third-order valence-electron chi connectivity index (χ3n) is 3.28. The Balaban J connectivity index is 2.17. The van der Waals surface area contributed by atoms with Gasteiger partial charge in [0.15, 0.2) is 0 Å². The van der Waals surface area contributed by atoms with E-state index < -0.39 is 0 Å². The van der Waals surface area contributed by atoms with Crippen LogP contribution in [0, 0.1) is 0 Å². The zero-order chi connectivity index (χ0) is 14.6. The summed E-state index contributed by atoms with van der Waals surface area (Å²) in [4.78, 5) is 16.8. The first kappa shape index (κ1) is 15.3. The van der Waals surface area contributed by atoms with Gasteiger partial charge in [0.1, 0.15) is 5.82 Å². The summed E-state index contributed by atoms with van der Waals surface area (Å²) >= 11 is 3.36. The van der Waals surface area contributed by atoms with Crippen molar-refractivity contribution in [3.05, 3.63) is 22.3 Å². The molecule has 2 rings (SSSR count). The van der Waals surface area contributed by atoms with Gasteiger partial charge in [0, 0.05) is 23.8 Å². The van der Waals surface area contributed by atoms with Crippen LogP contribution in [-0.4, -0.2) is 36.2 Å². The second-order valence-corrected chi connectivity index (χ2v) is 6.21. The molecule has 5 nitrogen and oxygen atoms in total. The average Bonchev–Trinajstić information content (AvgIpc) is 2.83. The molecule has 1 aliphatic rings. The number of amides is 1. The lowest BCUT2D eigenvalue weighted by molar-refractivity contribution is 0.0890. The fourth-order valence-electron chi connectivity index (χ4n) is 2.10. The normalized spacial score (nSPS) is 21.8. The number of aromatic nitrogens is 1. The van der Waals surface area contributed by atoms with Crippen molar-refractivity contribution in [1.82, 2.24) is 10.3 Å². The Kier molecular flexibility index (Phi) is 4.99. The van der Waals surface area contributed by atoms with E-state index in [1.807, 2.05) is 6.92 Å². The molecule has 1 atom stereocenters. The van der Waals surface area contributed by atoms with E-state index in [4.69, 9.17) is 4.74 Å². The fraction of sp³-hybridized carbons (Fsp3) is 0.571. The third-order valence-corrected chi connectivity index (χ3v) is 3.71. The lowest BCUT2D eigenvalue weighted by Gasteiger charge is -2.24. The van der Waals surface area contributed by atoms with Crippen molar-refractivity contribution in [2.75, 3.05) is 25.1 Å². The highest BCUT2D eigenvalue weighted by Crippen LogP contribution is 2.22. The first-order valence-electron chi connectivity index (χ1n) is 6.84. The van der Waals surface area contributed by atoms with Crippen molar-refractivity contribution < 1.29 is 9.53 Å². The average molecular weight is 342 g/mol. The predicted octanol–water partition coefficient (Wildman–Crippen LogP) is 2.57. The zero-order valence-electron chi connectivity index (χ0n) is 11.8. The van der Waals surface area contributed by atoms with E-state index in [9.17, 15) is 4.79 Å². The fourth-order valence-corrected chi connectivity index (χ4v) is 2.43. The minimum atomic E-state index is -0.290. The maximum absolute atomic E-state index is 12.5. The number of nitrogens with zero attached hydrogens (tertiary/aromatic N) is 1. The van der Waals surface area contributed by atoms with Gasteiger partial charge in [-0.15, -0.1) is 0 Å². The molecule has 110 valence electrons. The molecule has 0 bridgehead atoms. The van der Waals surface area contributed by atoms with E-state index in [1.54, 1.807) is 12.3 Å². The van der Waals surface area contributed by atoms with Gasteiger partial charge in [0.05, 0.1) is 17.7 Å². The first-order chi connectivity index (χ1) is 9.54. The first-order valence-corrected chi connectivity index (χ1v) is 7.63. The van der Waals surface area contributed by atoms with Crippen molar-refractivity contribution in [3.8, 4) is 0 Å². The Morgan fingerprint density at radius 2 is 2.40 bits per heavy atom. The summed E-state index contributed by atoms with van der Waals surface area (Å²) in [6, 6.07) is 1.79. The Morgan fingerprint density at radius 1 is 1.60 bits per heavy atom. The van der Waals surface area contributed by atoms with Crippen LogP contribution < -0.4 is 10.6 Å². The molecule has 0 saturated carbocycles. The largest absolute Gasteiger partial charge is 0.379 e. The van der Waals surface area contributed by atoms with Crippen molar-refractivity contribution in [3.63, 3.8) is 0 Å². The van der Waals surface area contributed by atoms with Crippen LogP contribution in [0.5, 0.6) is 0 Å². The summed E-state index contributed by atoms with van der Waals surface area (Å²) in [6.07, 6.45) is 3.50. The lowest BCUT2D eigenvalue weighted by atomic mass is 10.0. The van der Waals surface area contributed by atoms with Gasteiger partial charge in [0.2, 0.25) is 0 Å². The van der Waals surface area contributed by atoms with Crippen molar-refractivity contribution in [1.29, 1.82) is 0 Å². The van der Waals surface area contributed by atoms with Crippen LogP contribution in [0.4, 0.5) is 5.82 Å². The number of anilines is 1. The van der Waals surface area contributed by atoms with Gasteiger partial charge in [-0.2, -0.15) is 0 Å². The molecule has 0 aromatic carbocycles. The van der Waals surface area contributed by atoms with Gasteiger partial charge in [0.25, 0.3) is 5.91 Å². The number of pyridine rings is 1. The van der Waals surface area contributed by atoms with Crippen LogP contribution in [0.2, 0.25) is 0 Å². The Bertz CT molecular complexity index is 487. The predicted molar refractivity (Wildman–Crippen MR) is 82.0 cm³/mol. The van der Waals surface area contributed by atoms with Crippen LogP contribution in [-0.2, 0) is 4.74 Å². The quantitative estimate of drug-likeness (QED) is 0.863. The summed E-state index contributed by atoms with van der Waals surface area (Å²) in [7, 11) is 0. The molecule has 2 N–H and O–H groups in total. The van der Waals surface area contributed by atoms with Gasteiger partial charge in [-0.25, -0.2) is 4.98 Å². The standard InChI is InChI=1S/C14H20BrN3O2/c1-3-5-16-12-11(7-10(15)8-17-12)13(19)18-14(2)4-6-20-9-14/h7-8H,3-6,9H2,1-2H3,(H,16,17)(H,18,19). The number of hydrogen-bond acceptors (Lipinski definition) is 4. The highest BCUT2D eigenvalue weighted by atomic mass is 79.9. The minimum absolute atomic E-state index is 0.120. The second kappa shape index (κ2) is 6.54. The maximum Gasteiger partial charge on any atom is 0.255 e. The molecule has 1 aliphatic heterocycles. The molecular weight excluding hydrogens is 322 g/mol. The molecule has 0 radical (unpaired) electrons. The zero-order valence-corrected chi connectivity index (χ0v) is 13.4. The van der Waals surface area contributed by atoms with Crippen LogP contribution in [0.15, 0.2) is 16.7 Å². The minimum Gasteiger partial charge on any atom is -0.379 e. The van der Waals surface area contributed by atoms with Crippen molar-refractivity contribution in [2.24, 2.45) is 0 Å². The number of carbonyl (C=O) groups excluding carboxylic acids is 1. The van der Waals surface area contributed by atoms with E-state index in [1.165, 1.54) is 0 Å². The molecule has 0 spiro atoms. The van der Waals surface area contributed by atoms with Gasteiger partial charge < -0.3 is 15.4 Å². The van der Waals surface area contributed by atoms with Crippen LogP contribution >= 0.6 is 15.9 Å². The van der Waals surface area contributed by atoms with Gasteiger partial charge in [-0.3, -0.25) is 4.79 Å². The van der Waals surface area contributed by atoms with E-state index in [0.29, 0.717) is 24.6 Å². The number of hydrogen-bond donors (Lipinski definition) is 2. The maximum atomic E-state index is 12.5. The molecule has 1 fully saturated rings. The Hall–Kier alpha value is -1.14. The molecule has 0 aliphatic carbocycles. The Labute approximate surface area is 127 Å². The molecule has 1 aromatic heterocycles. The molecule has 1 unspecified atom stereocenters. The van der Waals surface area contributed by atoms with Gasteiger partial charge >= 0.3 is 0 Å². The number of ether oxygens (including phenoxy) is 1. The smallest absolute Gasteiger partial charge is 0.255 e. The van der Waals surface area contributed by atoms with Crippen LogP contribution in [0.25, 0.3) is 0 Å². The number of rotatable bonds is 5. The van der Waals surface area contributed by atoms with E-state index in [2.05, 4.69) is 38.5 Å². The molecule has 1 aromatic rings. The SMILES string of the molecule is CCCNc1ncc(Br)cc1C(=O)NC1(C)CCOC1. The molecule has 1 amide bonds. The molecule has 2 heterocycles. The summed E-state index contributed by atoms with van der Waals surface area (Å²) in [5.74, 6) is 0.500. The highest BCUT2D eigenvalue weighted by Gasteiger charge is 2.32. The van der Waals surface area contributed by atoms with Gasteiger partial charge in [-0.05, 0) is 41.8 Å². The van der Waals surface area contributed by atoms with E-state index >= 15 is 0 Å². The lowest BCUT2D eigenvalue weighted by Crippen LogP contribution is -2.46. The van der Waals surface area contributed by atoms with Crippen molar-refractivity contribution >= 4 is 27.7 Å². The monoisotopic (exact) mass is 341 g/mol. The van der Waals surface area contributed by atoms with Crippen molar-refractivity contribution in [2.45, 2.75) is 32.2 Å². The molecular formula is C14H20BrN3O2. The summed E-state index contributed by atoms with van der Waals surface area (Å²) in [5, 5.41) is 6.24. The highest BCUT2D eigenvalue weighted by molar-refractivity contribution is 9.10. The summed E-state index contributed by atoms with van der Waals surface area (Å²) < 4.78 is 6.15. The third kappa shape index (κ3) is 3.70. The van der Waals surface area contributed by atoms with E-state index in [0.717, 1.165) is 23.9 Å².